The fraction of sp³-hybridized carbons (Fsp3) is 0.500. The number of aromatic nitrogens is 1. The maximum absolute atomic E-state index is 11.9. The second kappa shape index (κ2) is 6.22. The van der Waals surface area contributed by atoms with Crippen LogP contribution in [0.25, 0.3) is 0 Å². The zero-order valence-corrected chi connectivity index (χ0v) is 11.6. The van der Waals surface area contributed by atoms with Crippen molar-refractivity contribution in [3.05, 3.63) is 28.0 Å². The van der Waals surface area contributed by atoms with E-state index in [-0.39, 0.29) is 22.3 Å². The van der Waals surface area contributed by atoms with E-state index in [1.807, 2.05) is 6.92 Å². The number of carbonyl (C=O) groups excluding carboxylic acids is 1. The summed E-state index contributed by atoms with van der Waals surface area (Å²) in [5.74, 6) is 0.246. The third kappa shape index (κ3) is 4.17. The van der Waals surface area contributed by atoms with Crippen LogP contribution in [-0.4, -0.2) is 16.9 Å². The number of carbonyl (C=O) groups is 1. The second-order valence-corrected chi connectivity index (χ2v) is 4.92. The molecule has 1 aromatic heterocycles. The third-order valence-electron chi connectivity index (χ3n) is 2.88. The quantitative estimate of drug-likeness (QED) is 0.854. The summed E-state index contributed by atoms with van der Waals surface area (Å²) < 4.78 is 0. The molecule has 1 rings (SSSR count). The van der Waals surface area contributed by atoms with Crippen molar-refractivity contribution >= 4 is 29.1 Å². The molecular formula is C12H16Cl2N2O. The largest absolute Gasteiger partial charge is 0.349 e. The van der Waals surface area contributed by atoms with Gasteiger partial charge in [0.2, 0.25) is 0 Å². The van der Waals surface area contributed by atoms with Crippen LogP contribution in [-0.2, 0) is 0 Å². The molecule has 17 heavy (non-hydrogen) atoms. The Balaban J connectivity index is 2.76. The van der Waals surface area contributed by atoms with Crippen molar-refractivity contribution in [2.24, 2.45) is 5.92 Å². The van der Waals surface area contributed by atoms with Gasteiger partial charge < -0.3 is 5.32 Å². The van der Waals surface area contributed by atoms with E-state index in [1.54, 1.807) is 0 Å². The topological polar surface area (TPSA) is 42.0 Å². The molecule has 0 aliphatic rings. The van der Waals surface area contributed by atoms with Gasteiger partial charge in [0.1, 0.15) is 10.3 Å². The Morgan fingerprint density at radius 2 is 1.88 bits per heavy atom. The number of nitrogens with one attached hydrogen (secondary N) is 1. The van der Waals surface area contributed by atoms with Crippen molar-refractivity contribution in [3.8, 4) is 0 Å². The smallest absolute Gasteiger partial charge is 0.251 e. The molecule has 5 heteroatoms. The first-order chi connectivity index (χ1) is 7.93. The second-order valence-electron chi connectivity index (χ2n) is 4.15. The van der Waals surface area contributed by atoms with Crippen LogP contribution in [0.2, 0.25) is 10.3 Å². The summed E-state index contributed by atoms with van der Waals surface area (Å²) >= 11 is 11.5. The number of nitrogens with zero attached hydrogens (tertiary/aromatic N) is 1. The first kappa shape index (κ1) is 14.3. The van der Waals surface area contributed by atoms with E-state index in [4.69, 9.17) is 23.2 Å². The van der Waals surface area contributed by atoms with Gasteiger partial charge in [0.05, 0.1) is 0 Å². The first-order valence-corrected chi connectivity index (χ1v) is 6.33. The van der Waals surface area contributed by atoms with Gasteiger partial charge in [0.25, 0.3) is 5.91 Å². The fourth-order valence-electron chi connectivity index (χ4n) is 1.38. The number of rotatable bonds is 4. The van der Waals surface area contributed by atoms with Gasteiger partial charge in [0.15, 0.2) is 0 Å². The van der Waals surface area contributed by atoms with Crippen molar-refractivity contribution in [2.75, 3.05) is 0 Å². The summed E-state index contributed by atoms with van der Waals surface area (Å²) in [5.41, 5.74) is 0.435. The Kier molecular flexibility index (Phi) is 5.22. The van der Waals surface area contributed by atoms with Gasteiger partial charge in [0, 0.05) is 11.6 Å². The van der Waals surface area contributed by atoms with E-state index >= 15 is 0 Å². The minimum Gasteiger partial charge on any atom is -0.349 e. The van der Waals surface area contributed by atoms with Gasteiger partial charge in [-0.05, 0) is 25.0 Å². The molecule has 0 bridgehead atoms. The molecule has 1 aromatic rings. The molecule has 1 N–H and O–H groups in total. The molecule has 0 fully saturated rings. The monoisotopic (exact) mass is 274 g/mol. The predicted molar refractivity (Wildman–Crippen MR) is 70.6 cm³/mol. The van der Waals surface area contributed by atoms with Crippen LogP contribution in [0.3, 0.4) is 0 Å². The van der Waals surface area contributed by atoms with Crippen LogP contribution in [0, 0.1) is 5.92 Å². The van der Waals surface area contributed by atoms with Gasteiger partial charge in [-0.3, -0.25) is 4.79 Å². The van der Waals surface area contributed by atoms with Crippen LogP contribution >= 0.6 is 23.2 Å². The van der Waals surface area contributed by atoms with E-state index in [1.165, 1.54) is 12.1 Å². The lowest BCUT2D eigenvalue weighted by atomic mass is 10.0. The number of pyridine rings is 1. The Morgan fingerprint density at radius 1 is 1.35 bits per heavy atom. The molecule has 2 unspecified atom stereocenters. The molecule has 3 nitrogen and oxygen atoms in total. The molecule has 0 aromatic carbocycles. The molecule has 0 radical (unpaired) electrons. The summed E-state index contributed by atoms with van der Waals surface area (Å²) in [7, 11) is 0. The average molecular weight is 275 g/mol. The Labute approximate surface area is 112 Å². The number of halogens is 2. The van der Waals surface area contributed by atoms with E-state index in [2.05, 4.69) is 24.1 Å². The normalized spacial score (nSPS) is 14.2. The zero-order valence-electron chi connectivity index (χ0n) is 10.1. The lowest BCUT2D eigenvalue weighted by Gasteiger charge is -2.19. The van der Waals surface area contributed by atoms with Crippen LogP contribution in [0.4, 0.5) is 0 Å². The van der Waals surface area contributed by atoms with Gasteiger partial charge in [-0.25, -0.2) is 4.98 Å². The Bertz CT molecular complexity index is 389. The van der Waals surface area contributed by atoms with Crippen molar-refractivity contribution in [1.82, 2.24) is 10.3 Å². The molecule has 94 valence electrons. The van der Waals surface area contributed by atoms with Crippen LogP contribution in [0.1, 0.15) is 37.6 Å². The number of amides is 1. The number of hydrogen-bond acceptors (Lipinski definition) is 2. The molecule has 0 saturated carbocycles. The van der Waals surface area contributed by atoms with Crippen molar-refractivity contribution in [3.63, 3.8) is 0 Å². The highest BCUT2D eigenvalue weighted by Crippen LogP contribution is 2.15. The zero-order chi connectivity index (χ0) is 13.0. The Hall–Kier alpha value is -0.800. The molecule has 0 spiro atoms. The third-order valence-corrected chi connectivity index (χ3v) is 3.27. The lowest BCUT2D eigenvalue weighted by molar-refractivity contribution is 0.0928. The van der Waals surface area contributed by atoms with E-state index in [9.17, 15) is 4.79 Å². The Morgan fingerprint density at radius 3 is 2.35 bits per heavy atom. The minimum atomic E-state index is -0.177. The molecule has 2 atom stereocenters. The molecule has 0 aliphatic heterocycles. The summed E-state index contributed by atoms with van der Waals surface area (Å²) in [6, 6.07) is 3.12. The summed E-state index contributed by atoms with van der Waals surface area (Å²) in [4.78, 5) is 15.7. The van der Waals surface area contributed by atoms with E-state index in [0.717, 1.165) is 6.42 Å². The van der Waals surface area contributed by atoms with Crippen LogP contribution in [0.5, 0.6) is 0 Å². The van der Waals surface area contributed by atoms with Crippen LogP contribution < -0.4 is 5.32 Å². The highest BCUT2D eigenvalue weighted by molar-refractivity contribution is 6.33. The highest BCUT2D eigenvalue weighted by Gasteiger charge is 2.15. The van der Waals surface area contributed by atoms with Crippen molar-refractivity contribution in [2.45, 2.75) is 33.2 Å². The molecule has 0 saturated heterocycles. The van der Waals surface area contributed by atoms with E-state index in [0.29, 0.717) is 11.5 Å². The summed E-state index contributed by atoms with van der Waals surface area (Å²) in [6.45, 7) is 6.17. The maximum atomic E-state index is 11.9. The fourth-order valence-corrected chi connectivity index (χ4v) is 1.84. The summed E-state index contributed by atoms with van der Waals surface area (Å²) in [6.07, 6.45) is 1.01. The SMILES string of the molecule is CCC(C)C(C)NC(=O)c1cc(Cl)nc(Cl)c1. The number of hydrogen-bond donors (Lipinski definition) is 1. The summed E-state index contributed by atoms with van der Waals surface area (Å²) in [5, 5.41) is 3.36. The van der Waals surface area contributed by atoms with Crippen molar-refractivity contribution < 1.29 is 4.79 Å². The minimum absolute atomic E-state index is 0.109. The predicted octanol–water partition coefficient (Wildman–Crippen LogP) is 3.55. The van der Waals surface area contributed by atoms with Crippen LogP contribution in [0.15, 0.2) is 12.1 Å². The van der Waals surface area contributed by atoms with Gasteiger partial charge in [-0.2, -0.15) is 0 Å². The average Bonchev–Trinajstić information content (AvgIpc) is 2.26. The van der Waals surface area contributed by atoms with Gasteiger partial charge in [-0.15, -0.1) is 0 Å². The molecular weight excluding hydrogens is 259 g/mol. The van der Waals surface area contributed by atoms with E-state index < -0.39 is 0 Å². The lowest BCUT2D eigenvalue weighted by Crippen LogP contribution is -2.36. The maximum Gasteiger partial charge on any atom is 0.251 e. The van der Waals surface area contributed by atoms with Gasteiger partial charge in [-0.1, -0.05) is 43.5 Å². The van der Waals surface area contributed by atoms with Gasteiger partial charge >= 0.3 is 0 Å². The van der Waals surface area contributed by atoms with Crippen molar-refractivity contribution in [1.29, 1.82) is 0 Å². The standard InChI is InChI=1S/C12H16Cl2N2O/c1-4-7(2)8(3)15-12(17)9-5-10(13)16-11(14)6-9/h5-8H,4H2,1-3H3,(H,15,17). The highest BCUT2D eigenvalue weighted by atomic mass is 35.5. The molecule has 1 amide bonds. The molecule has 0 aliphatic carbocycles. The first-order valence-electron chi connectivity index (χ1n) is 5.58. The molecule has 1 heterocycles.